The highest BCUT2D eigenvalue weighted by Gasteiger charge is 2.12. The zero-order valence-corrected chi connectivity index (χ0v) is 13.7. The van der Waals surface area contributed by atoms with Crippen molar-refractivity contribution in [3.05, 3.63) is 64.9 Å². The fourth-order valence-electron chi connectivity index (χ4n) is 2.58. The number of aromatic nitrogens is 5. The molecule has 6 nitrogen and oxygen atoms in total. The fraction of sp³-hybridized carbons (Fsp3) is 0.176. The molecule has 4 rings (SSSR count). The van der Waals surface area contributed by atoms with Crippen molar-refractivity contribution in [3.8, 4) is 11.4 Å². The molecule has 7 heteroatoms. The van der Waals surface area contributed by atoms with Crippen molar-refractivity contribution in [2.24, 2.45) is 0 Å². The molecular formula is C17H14ClN5O. The Morgan fingerprint density at radius 2 is 2.08 bits per heavy atom. The second-order valence-corrected chi connectivity index (χ2v) is 5.87. The van der Waals surface area contributed by atoms with Crippen LogP contribution in [-0.4, -0.2) is 24.7 Å². The first-order valence-corrected chi connectivity index (χ1v) is 8.02. The van der Waals surface area contributed by atoms with Crippen LogP contribution in [0.2, 0.25) is 5.02 Å². The van der Waals surface area contributed by atoms with E-state index in [1.807, 2.05) is 53.9 Å². The van der Waals surface area contributed by atoms with Gasteiger partial charge in [-0.05, 0) is 29.8 Å². The molecule has 0 atom stereocenters. The Balaban J connectivity index is 1.64. The van der Waals surface area contributed by atoms with Crippen LogP contribution in [0.4, 0.5) is 0 Å². The minimum Gasteiger partial charge on any atom is -0.339 e. The summed E-state index contributed by atoms with van der Waals surface area (Å²) in [7, 11) is 0. The van der Waals surface area contributed by atoms with Crippen LogP contribution < -0.4 is 0 Å². The molecular weight excluding hydrogens is 326 g/mol. The topological polar surface area (TPSA) is 69.1 Å². The van der Waals surface area contributed by atoms with Crippen molar-refractivity contribution in [1.82, 2.24) is 24.7 Å². The molecule has 3 aromatic heterocycles. The second kappa shape index (κ2) is 6.05. The first-order valence-electron chi connectivity index (χ1n) is 7.64. The van der Waals surface area contributed by atoms with E-state index in [2.05, 4.69) is 20.3 Å². The predicted octanol–water partition coefficient (Wildman–Crippen LogP) is 3.59. The van der Waals surface area contributed by atoms with Crippen LogP contribution in [-0.2, 0) is 12.8 Å². The van der Waals surface area contributed by atoms with Crippen LogP contribution in [0.25, 0.3) is 17.0 Å². The molecule has 0 unspecified atom stereocenters. The molecule has 0 saturated carbocycles. The predicted molar refractivity (Wildman–Crippen MR) is 89.9 cm³/mol. The third kappa shape index (κ3) is 2.76. The number of nitrogens with zero attached hydrogens (tertiary/aromatic N) is 5. The minimum atomic E-state index is 0.544. The van der Waals surface area contributed by atoms with Gasteiger partial charge in [0.2, 0.25) is 11.7 Å². The van der Waals surface area contributed by atoms with Gasteiger partial charge in [-0.3, -0.25) is 4.40 Å². The van der Waals surface area contributed by atoms with Crippen LogP contribution in [0.15, 0.2) is 47.1 Å². The standard InChI is InChI=1S/C17H14ClN5O/c1-2-14-20-21-15-7-6-12(10-23(14)15)17-19-16(24-22-17)9-11-4-3-5-13(18)8-11/h3-8,10H,2,9H2,1H3. The van der Waals surface area contributed by atoms with Gasteiger partial charge in [0.05, 0.1) is 6.42 Å². The number of fused-ring (bicyclic) bond motifs is 1. The minimum absolute atomic E-state index is 0.544. The first kappa shape index (κ1) is 14.8. The molecule has 24 heavy (non-hydrogen) atoms. The number of rotatable bonds is 4. The van der Waals surface area contributed by atoms with Crippen molar-refractivity contribution >= 4 is 17.2 Å². The second-order valence-electron chi connectivity index (χ2n) is 5.43. The Kier molecular flexibility index (Phi) is 3.74. The van der Waals surface area contributed by atoms with Gasteiger partial charge in [0.15, 0.2) is 5.65 Å². The summed E-state index contributed by atoms with van der Waals surface area (Å²) in [4.78, 5) is 4.48. The van der Waals surface area contributed by atoms with Crippen molar-refractivity contribution < 1.29 is 4.52 Å². The molecule has 0 aliphatic heterocycles. The van der Waals surface area contributed by atoms with E-state index in [0.29, 0.717) is 23.2 Å². The highest BCUT2D eigenvalue weighted by atomic mass is 35.5. The molecule has 0 fully saturated rings. The molecule has 0 aliphatic carbocycles. The van der Waals surface area contributed by atoms with Gasteiger partial charge in [0.25, 0.3) is 0 Å². The Morgan fingerprint density at radius 3 is 2.92 bits per heavy atom. The summed E-state index contributed by atoms with van der Waals surface area (Å²) < 4.78 is 7.32. The fourth-order valence-corrected chi connectivity index (χ4v) is 2.79. The van der Waals surface area contributed by atoms with E-state index in [9.17, 15) is 0 Å². The maximum atomic E-state index is 6.00. The lowest BCUT2D eigenvalue weighted by molar-refractivity contribution is 0.385. The van der Waals surface area contributed by atoms with E-state index >= 15 is 0 Å². The van der Waals surface area contributed by atoms with Gasteiger partial charge in [-0.1, -0.05) is 35.8 Å². The molecule has 0 aliphatic rings. The monoisotopic (exact) mass is 339 g/mol. The lowest BCUT2D eigenvalue weighted by Gasteiger charge is -1.99. The SMILES string of the molecule is CCc1nnc2ccc(-c3noc(Cc4cccc(Cl)c4)n3)cn12. The molecule has 0 N–H and O–H groups in total. The molecule has 4 aromatic rings. The zero-order valence-electron chi connectivity index (χ0n) is 13.0. The van der Waals surface area contributed by atoms with E-state index in [4.69, 9.17) is 16.1 Å². The Bertz CT molecular complexity index is 1010. The van der Waals surface area contributed by atoms with Gasteiger partial charge in [0.1, 0.15) is 5.82 Å². The maximum absolute atomic E-state index is 6.00. The molecule has 0 amide bonds. The van der Waals surface area contributed by atoms with Gasteiger partial charge in [-0.2, -0.15) is 4.98 Å². The summed E-state index contributed by atoms with van der Waals surface area (Å²) in [5.74, 6) is 1.99. The Labute approximate surface area is 143 Å². The van der Waals surface area contributed by atoms with Gasteiger partial charge in [-0.15, -0.1) is 10.2 Å². The normalized spacial score (nSPS) is 11.2. The number of hydrogen-bond acceptors (Lipinski definition) is 5. The Morgan fingerprint density at radius 1 is 1.17 bits per heavy atom. The zero-order chi connectivity index (χ0) is 16.5. The molecule has 120 valence electrons. The van der Waals surface area contributed by atoms with Crippen LogP contribution in [0, 0.1) is 0 Å². The maximum Gasteiger partial charge on any atom is 0.231 e. The highest BCUT2D eigenvalue weighted by molar-refractivity contribution is 6.30. The number of aryl methyl sites for hydroxylation is 1. The molecule has 0 spiro atoms. The van der Waals surface area contributed by atoms with Crippen molar-refractivity contribution in [2.45, 2.75) is 19.8 Å². The van der Waals surface area contributed by atoms with Crippen LogP contribution in [0.1, 0.15) is 24.2 Å². The summed E-state index contributed by atoms with van der Waals surface area (Å²) in [5, 5.41) is 13.1. The third-order valence-electron chi connectivity index (χ3n) is 3.76. The van der Waals surface area contributed by atoms with E-state index < -0.39 is 0 Å². The quantitative estimate of drug-likeness (QED) is 0.568. The van der Waals surface area contributed by atoms with Crippen molar-refractivity contribution in [1.29, 1.82) is 0 Å². The van der Waals surface area contributed by atoms with Crippen LogP contribution >= 0.6 is 11.6 Å². The number of hydrogen-bond donors (Lipinski definition) is 0. The average Bonchev–Trinajstić information content (AvgIpc) is 3.20. The Hall–Kier alpha value is -2.73. The van der Waals surface area contributed by atoms with E-state index in [1.54, 1.807) is 0 Å². The van der Waals surface area contributed by atoms with E-state index in [-0.39, 0.29) is 0 Å². The average molecular weight is 340 g/mol. The summed E-state index contributed by atoms with van der Waals surface area (Å²) in [6.45, 7) is 2.04. The van der Waals surface area contributed by atoms with Gasteiger partial charge >= 0.3 is 0 Å². The largest absolute Gasteiger partial charge is 0.339 e. The van der Waals surface area contributed by atoms with E-state index in [1.165, 1.54) is 0 Å². The van der Waals surface area contributed by atoms with Crippen molar-refractivity contribution in [3.63, 3.8) is 0 Å². The van der Waals surface area contributed by atoms with Gasteiger partial charge < -0.3 is 4.52 Å². The molecule has 0 bridgehead atoms. The number of halogens is 1. The summed E-state index contributed by atoms with van der Waals surface area (Å²) in [6.07, 6.45) is 3.28. The smallest absolute Gasteiger partial charge is 0.231 e. The first-order chi connectivity index (χ1) is 11.7. The van der Waals surface area contributed by atoms with Crippen LogP contribution in [0.5, 0.6) is 0 Å². The molecule has 1 aromatic carbocycles. The number of pyridine rings is 1. The van der Waals surface area contributed by atoms with Gasteiger partial charge in [0, 0.05) is 23.2 Å². The highest BCUT2D eigenvalue weighted by Crippen LogP contribution is 2.19. The summed E-state index contributed by atoms with van der Waals surface area (Å²) in [6, 6.07) is 11.4. The van der Waals surface area contributed by atoms with Crippen LogP contribution in [0.3, 0.4) is 0 Å². The molecule has 0 radical (unpaired) electrons. The van der Waals surface area contributed by atoms with Crippen molar-refractivity contribution in [2.75, 3.05) is 0 Å². The lowest BCUT2D eigenvalue weighted by Crippen LogP contribution is -1.94. The summed E-state index contributed by atoms with van der Waals surface area (Å²) >= 11 is 6.00. The molecule has 0 saturated heterocycles. The number of benzene rings is 1. The lowest BCUT2D eigenvalue weighted by atomic mass is 10.1. The summed E-state index contributed by atoms with van der Waals surface area (Å²) in [5.41, 5.74) is 2.69. The molecule has 3 heterocycles. The van der Waals surface area contributed by atoms with Gasteiger partial charge in [-0.25, -0.2) is 0 Å². The third-order valence-corrected chi connectivity index (χ3v) is 3.99. The van der Waals surface area contributed by atoms with E-state index in [0.717, 1.165) is 29.0 Å².